The highest BCUT2D eigenvalue weighted by Gasteiger charge is 2.42. The van der Waals surface area contributed by atoms with E-state index in [9.17, 15) is 0 Å². The summed E-state index contributed by atoms with van der Waals surface area (Å²) in [4.78, 5) is 6.92. The average molecular weight is 610 g/mol. The molecule has 0 spiro atoms. The lowest BCUT2D eigenvalue weighted by Gasteiger charge is -2.28. The van der Waals surface area contributed by atoms with E-state index in [2.05, 4.69) is 100 Å². The molecule has 0 aliphatic carbocycles. The third kappa shape index (κ3) is 5.03. The van der Waals surface area contributed by atoms with Crippen LogP contribution in [-0.2, 0) is 0 Å². The predicted octanol–water partition coefficient (Wildman–Crippen LogP) is 8.53. The van der Waals surface area contributed by atoms with Crippen molar-refractivity contribution in [2.24, 2.45) is 0 Å². The Balaban J connectivity index is 1.40. The van der Waals surface area contributed by atoms with Gasteiger partial charge in [-0.15, -0.1) is 0 Å². The van der Waals surface area contributed by atoms with E-state index >= 15 is 0 Å². The van der Waals surface area contributed by atoms with Crippen LogP contribution in [0.1, 0.15) is 40.3 Å². The molecule has 1 aliphatic rings. The molecule has 3 aromatic carbocycles. The summed E-state index contributed by atoms with van der Waals surface area (Å²) >= 11 is 9.52. The third-order valence-corrected chi connectivity index (χ3v) is 8.19. The second-order valence-corrected chi connectivity index (χ2v) is 11.3. The molecule has 5 nitrogen and oxygen atoms in total. The highest BCUT2D eigenvalue weighted by atomic mass is 79.9. The second-order valence-electron chi connectivity index (χ2n) is 10.0. The van der Waals surface area contributed by atoms with Gasteiger partial charge in [-0.25, -0.2) is 0 Å². The van der Waals surface area contributed by atoms with Crippen LogP contribution in [0.25, 0.3) is 5.69 Å². The van der Waals surface area contributed by atoms with E-state index in [0.717, 1.165) is 38.7 Å². The molecular formula is C33H29BrN4OS. The minimum atomic E-state index is -0.115. The molecule has 1 fully saturated rings. The van der Waals surface area contributed by atoms with Gasteiger partial charge in [-0.1, -0.05) is 39.7 Å². The molecule has 0 radical (unpaired) electrons. The number of hydrogen-bond donors (Lipinski definition) is 1. The van der Waals surface area contributed by atoms with Gasteiger partial charge in [0.05, 0.1) is 17.8 Å². The lowest BCUT2D eigenvalue weighted by atomic mass is 9.96. The normalized spacial score (nSPS) is 16.7. The van der Waals surface area contributed by atoms with Crippen molar-refractivity contribution in [1.29, 1.82) is 0 Å². The summed E-state index contributed by atoms with van der Waals surface area (Å²) in [7, 11) is 0. The molecule has 0 unspecified atom stereocenters. The summed E-state index contributed by atoms with van der Waals surface area (Å²) in [5, 5.41) is 4.25. The average Bonchev–Trinajstić information content (AvgIpc) is 3.46. The fourth-order valence-corrected chi connectivity index (χ4v) is 6.05. The first-order chi connectivity index (χ1) is 19.4. The second kappa shape index (κ2) is 10.9. The molecule has 3 heterocycles. The predicted molar refractivity (Wildman–Crippen MR) is 169 cm³/mol. The summed E-state index contributed by atoms with van der Waals surface area (Å²) in [6.45, 7) is 6.39. The van der Waals surface area contributed by atoms with Crippen LogP contribution in [-0.4, -0.2) is 14.7 Å². The highest BCUT2D eigenvalue weighted by Crippen LogP contribution is 2.44. The van der Waals surface area contributed by atoms with Crippen molar-refractivity contribution < 1.29 is 4.74 Å². The van der Waals surface area contributed by atoms with E-state index in [4.69, 9.17) is 21.9 Å². The van der Waals surface area contributed by atoms with Gasteiger partial charge < -0.3 is 19.5 Å². The van der Waals surface area contributed by atoms with Crippen molar-refractivity contribution in [3.8, 4) is 17.2 Å². The fourth-order valence-electron chi connectivity index (χ4n) is 5.44. The van der Waals surface area contributed by atoms with Crippen LogP contribution >= 0.6 is 28.1 Å². The van der Waals surface area contributed by atoms with Crippen LogP contribution in [0, 0.1) is 20.8 Å². The van der Waals surface area contributed by atoms with Crippen molar-refractivity contribution in [2.45, 2.75) is 32.9 Å². The zero-order chi connectivity index (χ0) is 27.8. The maximum Gasteiger partial charge on any atom is 0.174 e. The smallest absolute Gasteiger partial charge is 0.174 e. The number of anilines is 1. The Hall–Kier alpha value is -3.94. The van der Waals surface area contributed by atoms with Crippen molar-refractivity contribution in [3.63, 3.8) is 0 Å². The van der Waals surface area contributed by atoms with Gasteiger partial charge in [-0.2, -0.15) is 0 Å². The van der Waals surface area contributed by atoms with Crippen LogP contribution in [0.4, 0.5) is 5.69 Å². The molecule has 1 aliphatic heterocycles. The zero-order valence-electron chi connectivity index (χ0n) is 22.5. The Bertz CT molecular complexity index is 1650. The SMILES string of the molecule is Cc1ccc(Oc2ccc(N3C(=S)N[C@H](c4ccccn4)[C@@H]3c3cc(C)n(-c4ccc(Br)cc4)c3C)cc2)cc1. The number of pyridine rings is 1. The first-order valence-corrected chi connectivity index (χ1v) is 14.4. The summed E-state index contributed by atoms with van der Waals surface area (Å²) in [5.41, 5.74) is 7.79. The van der Waals surface area contributed by atoms with E-state index in [1.165, 1.54) is 16.8 Å². The van der Waals surface area contributed by atoms with Crippen LogP contribution in [0.5, 0.6) is 11.5 Å². The molecule has 2 atom stereocenters. The zero-order valence-corrected chi connectivity index (χ0v) is 24.9. The van der Waals surface area contributed by atoms with Crippen LogP contribution in [0.3, 0.4) is 0 Å². The highest BCUT2D eigenvalue weighted by molar-refractivity contribution is 9.10. The Morgan fingerprint density at radius 2 is 1.48 bits per heavy atom. The Kier molecular flexibility index (Phi) is 7.17. The number of aromatic nitrogens is 2. The molecular weight excluding hydrogens is 580 g/mol. The minimum absolute atomic E-state index is 0.0957. The van der Waals surface area contributed by atoms with Gasteiger partial charge in [0, 0.05) is 33.4 Å². The van der Waals surface area contributed by atoms with Gasteiger partial charge in [0.15, 0.2) is 5.11 Å². The molecule has 2 aromatic heterocycles. The quantitative estimate of drug-likeness (QED) is 0.196. The Morgan fingerprint density at radius 1 is 0.825 bits per heavy atom. The molecule has 0 amide bonds. The van der Waals surface area contributed by atoms with E-state index < -0.39 is 0 Å². The molecule has 1 N–H and O–H groups in total. The Morgan fingerprint density at radius 3 is 2.12 bits per heavy atom. The Labute approximate surface area is 248 Å². The fraction of sp³-hybridized carbons (Fsp3) is 0.152. The van der Waals surface area contributed by atoms with Crippen molar-refractivity contribution in [1.82, 2.24) is 14.9 Å². The van der Waals surface area contributed by atoms with Crippen molar-refractivity contribution in [3.05, 3.63) is 136 Å². The lowest BCUT2D eigenvalue weighted by Crippen LogP contribution is -2.29. The molecule has 40 heavy (non-hydrogen) atoms. The third-order valence-electron chi connectivity index (χ3n) is 7.34. The monoisotopic (exact) mass is 608 g/mol. The number of rotatable bonds is 6. The number of nitrogens with one attached hydrogen (secondary N) is 1. The number of benzene rings is 3. The van der Waals surface area contributed by atoms with Crippen LogP contribution < -0.4 is 15.0 Å². The van der Waals surface area contributed by atoms with Gasteiger partial charge in [-0.05, 0) is 117 Å². The largest absolute Gasteiger partial charge is 0.457 e. The molecule has 7 heteroatoms. The number of hydrogen-bond acceptors (Lipinski definition) is 3. The number of halogens is 1. The number of aryl methyl sites for hydroxylation is 2. The van der Waals surface area contributed by atoms with Crippen LogP contribution in [0.15, 0.2) is 108 Å². The first kappa shape index (κ1) is 26.3. The van der Waals surface area contributed by atoms with E-state index in [0.29, 0.717) is 5.11 Å². The van der Waals surface area contributed by atoms with Gasteiger partial charge in [0.1, 0.15) is 11.5 Å². The number of nitrogens with zero attached hydrogens (tertiary/aromatic N) is 3. The van der Waals surface area contributed by atoms with Gasteiger partial charge in [-0.3, -0.25) is 4.98 Å². The van der Waals surface area contributed by atoms with Crippen molar-refractivity contribution in [2.75, 3.05) is 4.90 Å². The first-order valence-electron chi connectivity index (χ1n) is 13.2. The van der Waals surface area contributed by atoms with Gasteiger partial charge >= 0.3 is 0 Å². The van der Waals surface area contributed by atoms with E-state index in [1.807, 2.05) is 54.7 Å². The number of ether oxygens (including phenoxy) is 1. The summed E-state index contributed by atoms with van der Waals surface area (Å²) in [6, 6.07) is 32.7. The van der Waals surface area contributed by atoms with E-state index in [1.54, 1.807) is 0 Å². The summed E-state index contributed by atoms with van der Waals surface area (Å²) in [6.07, 6.45) is 1.84. The molecule has 1 saturated heterocycles. The molecule has 200 valence electrons. The topological polar surface area (TPSA) is 42.3 Å². The van der Waals surface area contributed by atoms with Crippen LogP contribution in [0.2, 0.25) is 0 Å². The van der Waals surface area contributed by atoms with E-state index in [-0.39, 0.29) is 12.1 Å². The maximum absolute atomic E-state index is 6.09. The molecule has 6 rings (SSSR count). The van der Waals surface area contributed by atoms with Crippen molar-refractivity contribution >= 4 is 38.9 Å². The van der Waals surface area contributed by atoms with Gasteiger partial charge in [0.2, 0.25) is 0 Å². The number of thiocarbonyl (C=S) groups is 1. The molecule has 0 saturated carbocycles. The van der Waals surface area contributed by atoms with Gasteiger partial charge in [0.25, 0.3) is 0 Å². The summed E-state index contributed by atoms with van der Waals surface area (Å²) in [5.74, 6) is 1.59. The standard InChI is InChI=1S/C33H29BrN4OS/c1-21-7-15-27(16-8-21)39-28-17-13-26(14-18-28)38-32(31(36-33(38)40)30-6-4-5-19-35-30)29-20-22(2)37(23(29)3)25-11-9-24(34)10-12-25/h4-20,31-32H,1-3H3,(H,36,40)/t31-,32+/m1/s1. The lowest BCUT2D eigenvalue weighted by molar-refractivity contribution is 0.482. The molecule has 5 aromatic rings. The molecule has 0 bridgehead atoms. The summed E-state index contributed by atoms with van der Waals surface area (Å²) < 4.78 is 9.45. The minimum Gasteiger partial charge on any atom is -0.457 e. The maximum atomic E-state index is 6.09.